The number of carbonyl (C=O) groups is 2. The van der Waals surface area contributed by atoms with Crippen LogP contribution in [0, 0.1) is 20.2 Å². The Morgan fingerprint density at radius 2 is 1.39 bits per heavy atom. The van der Waals surface area contributed by atoms with E-state index in [9.17, 15) is 29.8 Å². The molecule has 0 aliphatic heterocycles. The second-order valence-corrected chi connectivity index (χ2v) is 7.73. The molecule has 0 spiro atoms. The number of carbonyl (C=O) groups excluding carboxylic acids is 2. The van der Waals surface area contributed by atoms with Crippen molar-refractivity contribution in [3.05, 3.63) is 67.8 Å². The number of aryl methyl sites for hydroxylation is 1. The van der Waals surface area contributed by atoms with Crippen molar-refractivity contribution in [3.8, 4) is 11.5 Å². The molecule has 0 saturated carbocycles. The summed E-state index contributed by atoms with van der Waals surface area (Å²) in [5.74, 6) is -2.53. The summed E-state index contributed by atoms with van der Waals surface area (Å²) in [6, 6.07) is 6.92. The maximum atomic E-state index is 13.6. The summed E-state index contributed by atoms with van der Waals surface area (Å²) in [7, 11) is 0. The molecule has 200 valence electrons. The van der Waals surface area contributed by atoms with Gasteiger partial charge in [-0.05, 0) is 49.7 Å². The number of ether oxygens (including phenoxy) is 2. The Bertz CT molecular complexity index is 1280. The van der Waals surface area contributed by atoms with Crippen molar-refractivity contribution < 1.29 is 28.9 Å². The summed E-state index contributed by atoms with van der Waals surface area (Å²) in [6.07, 6.45) is 1.53. The van der Waals surface area contributed by atoms with Gasteiger partial charge in [-0.15, -0.1) is 5.10 Å². The number of benzene rings is 2. The molecule has 0 aliphatic carbocycles. The Labute approximate surface area is 216 Å². The third-order valence-corrected chi connectivity index (χ3v) is 5.16. The fraction of sp³-hybridized carbons (Fsp3) is 0.348. The highest BCUT2D eigenvalue weighted by atomic mass is 16.6. The van der Waals surface area contributed by atoms with Gasteiger partial charge in [0.15, 0.2) is 11.5 Å². The number of nitrogens with zero attached hydrogens (tertiary/aromatic N) is 7. The van der Waals surface area contributed by atoms with Gasteiger partial charge in [0, 0.05) is 23.3 Å². The van der Waals surface area contributed by atoms with Crippen molar-refractivity contribution in [2.24, 2.45) is 0 Å². The fourth-order valence-corrected chi connectivity index (χ4v) is 3.39. The van der Waals surface area contributed by atoms with Gasteiger partial charge < -0.3 is 9.47 Å². The summed E-state index contributed by atoms with van der Waals surface area (Å²) in [5, 5.41) is 35.0. The number of nitro groups is 2. The van der Waals surface area contributed by atoms with Gasteiger partial charge in [-0.25, -0.2) is 4.90 Å². The van der Waals surface area contributed by atoms with Crippen molar-refractivity contribution in [1.82, 2.24) is 20.2 Å². The van der Waals surface area contributed by atoms with Gasteiger partial charge in [0.25, 0.3) is 17.8 Å². The number of amides is 2. The molecule has 0 aliphatic rings. The van der Waals surface area contributed by atoms with Crippen LogP contribution in [-0.2, 0) is 6.54 Å². The first kappa shape index (κ1) is 27.6. The molecular weight excluding hydrogens is 502 g/mol. The van der Waals surface area contributed by atoms with E-state index >= 15 is 0 Å². The van der Waals surface area contributed by atoms with Gasteiger partial charge in [0.1, 0.15) is 0 Å². The number of imide groups is 1. The lowest BCUT2D eigenvalue weighted by Gasteiger charge is -2.17. The highest BCUT2D eigenvalue weighted by Gasteiger charge is 2.33. The van der Waals surface area contributed by atoms with E-state index in [-0.39, 0.29) is 35.8 Å². The lowest BCUT2D eigenvalue weighted by atomic mass is 10.1. The summed E-state index contributed by atoms with van der Waals surface area (Å²) in [5.41, 5.74) is -1.44. The molecule has 38 heavy (non-hydrogen) atoms. The van der Waals surface area contributed by atoms with Gasteiger partial charge >= 0.3 is 11.4 Å². The van der Waals surface area contributed by atoms with Crippen LogP contribution in [-0.4, -0.2) is 55.1 Å². The lowest BCUT2D eigenvalue weighted by molar-refractivity contribution is -0.386. The molecule has 3 aromatic rings. The SMILES string of the molecule is CCCCn1nnc(N(C(=O)c2ccc(OCC)c([N+](=O)[O-])c2)C(=O)c2ccc(OCC)c([N+](=O)[O-])c2)n1. The largest absolute Gasteiger partial charge is 0.487 e. The predicted molar refractivity (Wildman–Crippen MR) is 132 cm³/mol. The Balaban J connectivity index is 2.11. The minimum atomic E-state index is -1.01. The zero-order valence-electron chi connectivity index (χ0n) is 20.9. The highest BCUT2D eigenvalue weighted by molar-refractivity contribution is 6.25. The van der Waals surface area contributed by atoms with Crippen LogP contribution in [0.1, 0.15) is 54.3 Å². The normalized spacial score (nSPS) is 10.6. The topological polar surface area (TPSA) is 186 Å². The Kier molecular flexibility index (Phi) is 8.97. The quantitative estimate of drug-likeness (QED) is 0.190. The minimum absolute atomic E-state index is 0.0577. The monoisotopic (exact) mass is 527 g/mol. The predicted octanol–water partition coefficient (Wildman–Crippen LogP) is 3.57. The minimum Gasteiger partial charge on any atom is -0.487 e. The van der Waals surface area contributed by atoms with Crippen LogP contribution in [0.15, 0.2) is 36.4 Å². The van der Waals surface area contributed by atoms with Crippen molar-refractivity contribution in [3.63, 3.8) is 0 Å². The average Bonchev–Trinajstić information content (AvgIpc) is 3.36. The van der Waals surface area contributed by atoms with Crippen molar-refractivity contribution in [2.75, 3.05) is 18.1 Å². The number of tetrazole rings is 1. The van der Waals surface area contributed by atoms with Crippen LogP contribution in [0.4, 0.5) is 17.3 Å². The highest BCUT2D eigenvalue weighted by Crippen LogP contribution is 2.31. The van der Waals surface area contributed by atoms with Gasteiger partial charge in [-0.1, -0.05) is 18.4 Å². The first-order valence-electron chi connectivity index (χ1n) is 11.7. The number of aromatic nitrogens is 4. The summed E-state index contributed by atoms with van der Waals surface area (Å²) < 4.78 is 10.5. The van der Waals surface area contributed by atoms with Crippen LogP contribution >= 0.6 is 0 Å². The van der Waals surface area contributed by atoms with Crippen LogP contribution in [0.5, 0.6) is 11.5 Å². The zero-order valence-corrected chi connectivity index (χ0v) is 20.9. The third kappa shape index (κ3) is 6.05. The molecule has 0 N–H and O–H groups in total. The molecule has 1 heterocycles. The van der Waals surface area contributed by atoms with E-state index in [1.165, 1.54) is 29.1 Å². The number of anilines is 1. The van der Waals surface area contributed by atoms with Crippen LogP contribution in [0.25, 0.3) is 0 Å². The summed E-state index contributed by atoms with van der Waals surface area (Å²) >= 11 is 0. The molecule has 2 aromatic carbocycles. The number of nitro benzene ring substituents is 2. The van der Waals surface area contributed by atoms with Crippen LogP contribution < -0.4 is 14.4 Å². The second kappa shape index (κ2) is 12.3. The maximum absolute atomic E-state index is 13.6. The molecule has 1 aromatic heterocycles. The molecule has 2 amide bonds. The van der Waals surface area contributed by atoms with Crippen LogP contribution in [0.3, 0.4) is 0 Å². The van der Waals surface area contributed by atoms with Gasteiger partial charge in [0.05, 0.1) is 29.6 Å². The van der Waals surface area contributed by atoms with E-state index < -0.39 is 39.0 Å². The van der Waals surface area contributed by atoms with Gasteiger partial charge in [0.2, 0.25) is 0 Å². The van der Waals surface area contributed by atoms with E-state index in [0.717, 1.165) is 18.6 Å². The molecule has 0 radical (unpaired) electrons. The number of hydrogen-bond acceptors (Lipinski definition) is 11. The lowest BCUT2D eigenvalue weighted by Crippen LogP contribution is -2.38. The molecule has 0 bridgehead atoms. The smallest absolute Gasteiger partial charge is 0.311 e. The summed E-state index contributed by atoms with van der Waals surface area (Å²) in [4.78, 5) is 50.6. The molecule has 15 heteroatoms. The number of hydrogen-bond donors (Lipinski definition) is 0. The van der Waals surface area contributed by atoms with E-state index in [1.807, 2.05) is 6.92 Å². The second-order valence-electron chi connectivity index (χ2n) is 7.73. The number of unbranched alkanes of at least 4 members (excludes halogenated alkanes) is 1. The molecule has 3 rings (SSSR count). The summed E-state index contributed by atoms with van der Waals surface area (Å²) in [6.45, 7) is 5.91. The fourth-order valence-electron chi connectivity index (χ4n) is 3.39. The molecule has 0 saturated heterocycles. The maximum Gasteiger partial charge on any atom is 0.311 e. The molecule has 0 fully saturated rings. The van der Waals surface area contributed by atoms with E-state index in [4.69, 9.17) is 9.47 Å². The standard InChI is InChI=1S/C23H25N7O8/c1-4-7-12-27-25-23(24-26-27)28(21(31)15-8-10-19(37-5-2)17(13-15)29(33)34)22(32)16-9-11-20(38-6-3)18(14-16)30(35)36/h8-11,13-14H,4-7,12H2,1-3H3. The molecular formula is C23H25N7O8. The Morgan fingerprint density at radius 1 is 0.895 bits per heavy atom. The van der Waals surface area contributed by atoms with Gasteiger partial charge in [-0.3, -0.25) is 29.8 Å². The van der Waals surface area contributed by atoms with Crippen molar-refractivity contribution >= 4 is 29.1 Å². The molecule has 0 unspecified atom stereocenters. The molecule has 15 nitrogen and oxygen atoms in total. The first-order valence-corrected chi connectivity index (χ1v) is 11.7. The number of rotatable bonds is 12. The third-order valence-electron chi connectivity index (χ3n) is 5.16. The van der Waals surface area contributed by atoms with Crippen LogP contribution in [0.2, 0.25) is 0 Å². The average molecular weight is 527 g/mol. The van der Waals surface area contributed by atoms with E-state index in [0.29, 0.717) is 17.9 Å². The van der Waals surface area contributed by atoms with Gasteiger partial charge in [-0.2, -0.15) is 4.80 Å². The first-order chi connectivity index (χ1) is 18.2. The van der Waals surface area contributed by atoms with E-state index in [1.54, 1.807) is 13.8 Å². The zero-order chi connectivity index (χ0) is 27.8. The van der Waals surface area contributed by atoms with Crippen molar-refractivity contribution in [1.29, 1.82) is 0 Å². The Morgan fingerprint density at radius 3 is 1.82 bits per heavy atom. The molecule has 0 atom stereocenters. The van der Waals surface area contributed by atoms with Crippen molar-refractivity contribution in [2.45, 2.75) is 40.2 Å². The van der Waals surface area contributed by atoms with E-state index in [2.05, 4.69) is 15.4 Å². The Hall–Kier alpha value is -4.95.